The number of aryl methyl sites for hydroxylation is 1. The van der Waals surface area contributed by atoms with Crippen molar-refractivity contribution in [3.05, 3.63) is 29.1 Å². The summed E-state index contributed by atoms with van der Waals surface area (Å²) in [6, 6.07) is 6.31. The Kier molecular flexibility index (Phi) is 2.50. The molecule has 0 saturated carbocycles. The van der Waals surface area contributed by atoms with Gasteiger partial charge in [0.15, 0.2) is 0 Å². The molecule has 2 rings (SSSR count). The van der Waals surface area contributed by atoms with Gasteiger partial charge in [-0.1, -0.05) is 0 Å². The van der Waals surface area contributed by atoms with Gasteiger partial charge in [0.2, 0.25) is 0 Å². The minimum atomic E-state index is 1.04. The molecule has 0 aliphatic rings. The second-order valence-electron chi connectivity index (χ2n) is 3.13. The molecule has 1 heterocycles. The number of benzene rings is 1. The van der Waals surface area contributed by atoms with Crippen LogP contribution in [0.25, 0.3) is 10.1 Å². The lowest BCUT2D eigenvalue weighted by Crippen LogP contribution is -1.86. The third kappa shape index (κ3) is 1.63. The van der Waals surface area contributed by atoms with E-state index >= 15 is 0 Å². The third-order valence-corrected chi connectivity index (χ3v) is 3.17. The summed E-state index contributed by atoms with van der Waals surface area (Å²) in [7, 11) is 0. The van der Waals surface area contributed by atoms with Gasteiger partial charge in [-0.05, 0) is 48.4 Å². The van der Waals surface area contributed by atoms with Crippen molar-refractivity contribution in [2.45, 2.75) is 13.8 Å². The third-order valence-electron chi connectivity index (χ3n) is 2.09. The van der Waals surface area contributed by atoms with Crippen LogP contribution in [0, 0.1) is 6.92 Å². The Hall–Kier alpha value is -1.35. The Morgan fingerprint density at radius 2 is 2.29 bits per heavy atom. The van der Waals surface area contributed by atoms with Gasteiger partial charge < -0.3 is 0 Å². The number of nitrogens with one attached hydrogen (secondary N) is 1. The average molecular weight is 204 g/mol. The predicted molar refractivity (Wildman–Crippen MR) is 64.4 cm³/mol. The van der Waals surface area contributed by atoms with Crippen LogP contribution in [0.3, 0.4) is 0 Å². The lowest BCUT2D eigenvalue weighted by atomic mass is 10.2. The van der Waals surface area contributed by atoms with Crippen LogP contribution in [0.4, 0.5) is 5.69 Å². The molecular weight excluding hydrogens is 192 g/mol. The number of hydrogen-bond acceptors (Lipinski definition) is 3. The van der Waals surface area contributed by atoms with Crippen LogP contribution in [0.15, 0.2) is 28.7 Å². The van der Waals surface area contributed by atoms with Crippen LogP contribution in [0.5, 0.6) is 0 Å². The fourth-order valence-corrected chi connectivity index (χ4v) is 2.29. The molecule has 0 aliphatic heterocycles. The van der Waals surface area contributed by atoms with E-state index in [1.54, 1.807) is 17.6 Å². The monoisotopic (exact) mass is 204 g/mol. The molecule has 0 bridgehead atoms. The summed E-state index contributed by atoms with van der Waals surface area (Å²) < 4.78 is 1.33. The van der Waals surface area contributed by atoms with Gasteiger partial charge in [0, 0.05) is 10.9 Å². The maximum Gasteiger partial charge on any atom is 0.0568 e. The number of nitrogens with zero attached hydrogens (tertiary/aromatic N) is 1. The van der Waals surface area contributed by atoms with E-state index in [1.807, 2.05) is 13.0 Å². The summed E-state index contributed by atoms with van der Waals surface area (Å²) in [5, 5.41) is 7.48. The van der Waals surface area contributed by atoms with Crippen LogP contribution >= 0.6 is 11.3 Å². The highest BCUT2D eigenvalue weighted by molar-refractivity contribution is 7.17. The van der Waals surface area contributed by atoms with Gasteiger partial charge in [-0.2, -0.15) is 5.10 Å². The molecule has 0 atom stereocenters. The molecule has 14 heavy (non-hydrogen) atoms. The molecule has 0 fully saturated rings. The van der Waals surface area contributed by atoms with Gasteiger partial charge in [0.1, 0.15) is 0 Å². The van der Waals surface area contributed by atoms with Crippen molar-refractivity contribution in [1.82, 2.24) is 0 Å². The summed E-state index contributed by atoms with van der Waals surface area (Å²) in [5.74, 6) is 0. The Balaban J connectivity index is 2.44. The summed E-state index contributed by atoms with van der Waals surface area (Å²) in [6.07, 6.45) is 1.74. The molecule has 1 aromatic heterocycles. The quantitative estimate of drug-likeness (QED) is 0.586. The van der Waals surface area contributed by atoms with Gasteiger partial charge >= 0.3 is 0 Å². The smallest absolute Gasteiger partial charge is 0.0568 e. The SMILES string of the molecule is CC=NNc1ccc2scc(C)c2c1. The van der Waals surface area contributed by atoms with E-state index in [0.717, 1.165) is 5.69 Å². The predicted octanol–water partition coefficient (Wildman–Crippen LogP) is 3.63. The van der Waals surface area contributed by atoms with E-state index in [-0.39, 0.29) is 0 Å². The number of thiophene rings is 1. The van der Waals surface area contributed by atoms with Crippen molar-refractivity contribution in [1.29, 1.82) is 0 Å². The first-order chi connectivity index (χ1) is 6.81. The normalized spacial score (nSPS) is 11.3. The standard InChI is InChI=1S/C11H12N2S/c1-3-12-13-9-4-5-11-10(6-9)8(2)7-14-11/h3-7,13H,1-2H3. The van der Waals surface area contributed by atoms with Crippen molar-refractivity contribution in [3.63, 3.8) is 0 Å². The average Bonchev–Trinajstić information content (AvgIpc) is 2.57. The van der Waals surface area contributed by atoms with Gasteiger partial charge in [-0.25, -0.2) is 0 Å². The van der Waals surface area contributed by atoms with Crippen molar-refractivity contribution in [2.24, 2.45) is 5.10 Å². The second kappa shape index (κ2) is 3.80. The molecule has 2 nitrogen and oxygen atoms in total. The first-order valence-electron chi connectivity index (χ1n) is 4.53. The van der Waals surface area contributed by atoms with Crippen molar-refractivity contribution in [3.8, 4) is 0 Å². The van der Waals surface area contributed by atoms with E-state index in [9.17, 15) is 0 Å². The zero-order valence-corrected chi connectivity index (χ0v) is 9.06. The largest absolute Gasteiger partial charge is 0.279 e. The Labute approximate surface area is 87.3 Å². The van der Waals surface area contributed by atoms with Gasteiger partial charge in [0.25, 0.3) is 0 Å². The molecule has 1 N–H and O–H groups in total. The van der Waals surface area contributed by atoms with Gasteiger partial charge in [-0.15, -0.1) is 11.3 Å². The summed E-state index contributed by atoms with van der Waals surface area (Å²) >= 11 is 1.78. The van der Waals surface area contributed by atoms with Crippen LogP contribution in [-0.4, -0.2) is 6.21 Å². The summed E-state index contributed by atoms with van der Waals surface area (Å²) in [5.41, 5.74) is 5.34. The number of hydrazone groups is 1. The van der Waals surface area contributed by atoms with Crippen molar-refractivity contribution < 1.29 is 0 Å². The second-order valence-corrected chi connectivity index (χ2v) is 4.04. The van der Waals surface area contributed by atoms with E-state index < -0.39 is 0 Å². The molecule has 0 aliphatic carbocycles. The molecule has 0 radical (unpaired) electrons. The topological polar surface area (TPSA) is 24.4 Å². The minimum absolute atomic E-state index is 1.04. The van der Waals surface area contributed by atoms with Crippen molar-refractivity contribution >= 4 is 33.3 Å². The lowest BCUT2D eigenvalue weighted by Gasteiger charge is -1.99. The Morgan fingerprint density at radius 3 is 3.07 bits per heavy atom. The van der Waals surface area contributed by atoms with E-state index in [1.165, 1.54) is 15.6 Å². The van der Waals surface area contributed by atoms with Gasteiger partial charge in [0.05, 0.1) is 5.69 Å². The molecule has 0 saturated heterocycles. The molecule has 72 valence electrons. The Morgan fingerprint density at radius 1 is 1.43 bits per heavy atom. The summed E-state index contributed by atoms with van der Waals surface area (Å²) in [4.78, 5) is 0. The maximum absolute atomic E-state index is 3.99. The highest BCUT2D eigenvalue weighted by Gasteiger charge is 2.00. The number of hydrogen-bond donors (Lipinski definition) is 1. The fourth-order valence-electron chi connectivity index (χ4n) is 1.36. The van der Waals surface area contributed by atoms with E-state index in [4.69, 9.17) is 0 Å². The molecule has 3 heteroatoms. The van der Waals surface area contributed by atoms with Gasteiger partial charge in [-0.3, -0.25) is 5.43 Å². The molecular formula is C11H12N2S. The first-order valence-corrected chi connectivity index (χ1v) is 5.41. The van der Waals surface area contributed by atoms with Crippen LogP contribution in [0.2, 0.25) is 0 Å². The molecule has 0 amide bonds. The van der Waals surface area contributed by atoms with Crippen LogP contribution < -0.4 is 5.43 Å². The van der Waals surface area contributed by atoms with E-state index in [2.05, 4.69) is 35.0 Å². The number of fused-ring (bicyclic) bond motifs is 1. The zero-order valence-electron chi connectivity index (χ0n) is 8.24. The Bertz CT molecular complexity index is 471. The first kappa shape index (κ1) is 9.21. The molecule has 2 aromatic rings. The number of anilines is 1. The summed E-state index contributed by atoms with van der Waals surface area (Å²) in [6.45, 7) is 4.02. The van der Waals surface area contributed by atoms with Crippen LogP contribution in [-0.2, 0) is 0 Å². The van der Waals surface area contributed by atoms with Crippen molar-refractivity contribution in [2.75, 3.05) is 5.43 Å². The molecule has 1 aromatic carbocycles. The highest BCUT2D eigenvalue weighted by atomic mass is 32.1. The lowest BCUT2D eigenvalue weighted by molar-refractivity contribution is 1.35. The van der Waals surface area contributed by atoms with Crippen LogP contribution in [0.1, 0.15) is 12.5 Å². The van der Waals surface area contributed by atoms with E-state index in [0.29, 0.717) is 0 Å². The number of rotatable bonds is 2. The maximum atomic E-state index is 3.99. The molecule has 0 spiro atoms. The zero-order chi connectivity index (χ0) is 9.97. The molecule has 0 unspecified atom stereocenters. The fraction of sp³-hybridized carbons (Fsp3) is 0.182. The minimum Gasteiger partial charge on any atom is -0.279 e. The highest BCUT2D eigenvalue weighted by Crippen LogP contribution is 2.27.